The van der Waals surface area contributed by atoms with Gasteiger partial charge in [0, 0.05) is 26.2 Å². The van der Waals surface area contributed by atoms with Gasteiger partial charge in [-0.25, -0.2) is 0 Å². The van der Waals surface area contributed by atoms with E-state index in [9.17, 15) is 13.2 Å². The van der Waals surface area contributed by atoms with Gasteiger partial charge < -0.3 is 15.5 Å². The molecule has 1 unspecified atom stereocenters. The molecule has 1 rings (SSSR count). The van der Waals surface area contributed by atoms with Crippen molar-refractivity contribution in [2.24, 2.45) is 10.9 Å². The van der Waals surface area contributed by atoms with E-state index in [0.717, 1.165) is 19.6 Å². The Bertz CT molecular complexity index is 331. The number of nitrogens with one attached hydrogen (secondary N) is 2. The van der Waals surface area contributed by atoms with Crippen LogP contribution in [0.5, 0.6) is 0 Å². The highest BCUT2D eigenvalue weighted by Crippen LogP contribution is 2.18. The van der Waals surface area contributed by atoms with Crippen LogP contribution in [0.4, 0.5) is 13.2 Å². The Morgan fingerprint density at radius 1 is 1.17 bits per heavy atom. The number of hydrogen-bond donors (Lipinski definition) is 2. The summed E-state index contributed by atoms with van der Waals surface area (Å²) in [6, 6.07) is 0. The van der Waals surface area contributed by atoms with Gasteiger partial charge in [0.25, 0.3) is 0 Å². The van der Waals surface area contributed by atoms with Crippen molar-refractivity contribution in [1.82, 2.24) is 15.5 Å². The number of likely N-dealkylation sites (tertiary alicyclic amines) is 1. The zero-order valence-corrected chi connectivity index (χ0v) is 16.4. The van der Waals surface area contributed by atoms with E-state index in [1.807, 2.05) is 6.92 Å². The van der Waals surface area contributed by atoms with Crippen LogP contribution in [0.3, 0.4) is 0 Å². The number of rotatable bonds is 7. The average Bonchev–Trinajstić information content (AvgIpc) is 2.44. The molecule has 4 nitrogen and oxygen atoms in total. The highest BCUT2D eigenvalue weighted by atomic mass is 127. The summed E-state index contributed by atoms with van der Waals surface area (Å²) in [5, 5.41) is 5.73. The zero-order valence-electron chi connectivity index (χ0n) is 14.1. The summed E-state index contributed by atoms with van der Waals surface area (Å²) >= 11 is 0. The molecule has 8 heteroatoms. The maximum atomic E-state index is 12.2. The normalized spacial score (nSPS) is 18.2. The fraction of sp³-hybridized carbons (Fsp3) is 0.933. The van der Waals surface area contributed by atoms with Crippen molar-refractivity contribution in [2.75, 3.05) is 39.3 Å². The number of halogens is 4. The number of piperidine rings is 1. The molecule has 1 heterocycles. The second-order valence-corrected chi connectivity index (χ2v) is 5.98. The molecule has 1 saturated heterocycles. The van der Waals surface area contributed by atoms with Gasteiger partial charge in [-0.2, -0.15) is 13.2 Å². The van der Waals surface area contributed by atoms with Gasteiger partial charge in [0.2, 0.25) is 0 Å². The molecule has 0 radical (unpaired) electrons. The van der Waals surface area contributed by atoms with Crippen LogP contribution in [0, 0.1) is 5.92 Å². The van der Waals surface area contributed by atoms with E-state index in [2.05, 4.69) is 27.4 Å². The van der Waals surface area contributed by atoms with Crippen LogP contribution in [0.2, 0.25) is 0 Å². The summed E-state index contributed by atoms with van der Waals surface area (Å²) in [4.78, 5) is 6.85. The molecule has 1 aliphatic heterocycles. The van der Waals surface area contributed by atoms with E-state index in [1.54, 1.807) is 0 Å². The SMILES string of the molecule is CCNC(=NCC(C)CN1CCCCC1)NCCC(F)(F)F.I. The maximum Gasteiger partial charge on any atom is 0.390 e. The predicted octanol–water partition coefficient (Wildman–Crippen LogP) is 3.23. The second kappa shape index (κ2) is 12.2. The minimum atomic E-state index is -4.13. The summed E-state index contributed by atoms with van der Waals surface area (Å²) in [6.07, 6.45) is -1.14. The van der Waals surface area contributed by atoms with E-state index in [4.69, 9.17) is 0 Å². The third kappa shape index (κ3) is 11.9. The Kier molecular flexibility index (Phi) is 12.0. The van der Waals surface area contributed by atoms with Crippen LogP contribution in [-0.2, 0) is 0 Å². The van der Waals surface area contributed by atoms with Crippen LogP contribution in [0.1, 0.15) is 39.5 Å². The smallest absolute Gasteiger partial charge is 0.357 e. The molecule has 1 atom stereocenters. The number of hydrogen-bond acceptors (Lipinski definition) is 2. The minimum Gasteiger partial charge on any atom is -0.357 e. The molecule has 23 heavy (non-hydrogen) atoms. The Morgan fingerprint density at radius 3 is 2.39 bits per heavy atom. The molecule has 0 saturated carbocycles. The standard InChI is InChI=1S/C15H29F3N4.HI/c1-3-19-14(20-8-7-15(16,17)18)21-11-13(2)12-22-9-5-4-6-10-22;/h13H,3-12H2,1-2H3,(H2,19,20,21);1H. The lowest BCUT2D eigenvalue weighted by Crippen LogP contribution is -2.39. The number of alkyl halides is 3. The fourth-order valence-corrected chi connectivity index (χ4v) is 2.55. The van der Waals surface area contributed by atoms with E-state index >= 15 is 0 Å². The lowest BCUT2D eigenvalue weighted by molar-refractivity contribution is -0.132. The summed E-state index contributed by atoms with van der Waals surface area (Å²) in [5.41, 5.74) is 0. The topological polar surface area (TPSA) is 39.7 Å². The second-order valence-electron chi connectivity index (χ2n) is 5.98. The van der Waals surface area contributed by atoms with Crippen molar-refractivity contribution in [3.63, 3.8) is 0 Å². The lowest BCUT2D eigenvalue weighted by Gasteiger charge is -2.28. The molecule has 1 fully saturated rings. The fourth-order valence-electron chi connectivity index (χ4n) is 2.55. The van der Waals surface area contributed by atoms with Gasteiger partial charge >= 0.3 is 6.18 Å². The quantitative estimate of drug-likeness (QED) is 0.356. The van der Waals surface area contributed by atoms with Crippen LogP contribution >= 0.6 is 24.0 Å². The first-order chi connectivity index (χ1) is 10.4. The number of aliphatic imine (C=N–C) groups is 1. The molecule has 2 N–H and O–H groups in total. The Hall–Kier alpha value is -0.250. The molecule has 0 aromatic carbocycles. The largest absolute Gasteiger partial charge is 0.390 e. The van der Waals surface area contributed by atoms with Crippen molar-refractivity contribution < 1.29 is 13.2 Å². The first-order valence-electron chi connectivity index (χ1n) is 8.22. The van der Waals surface area contributed by atoms with Crippen LogP contribution in [0.25, 0.3) is 0 Å². The Balaban J connectivity index is 0.00000484. The molecule has 1 aliphatic rings. The highest BCUT2D eigenvalue weighted by molar-refractivity contribution is 14.0. The van der Waals surface area contributed by atoms with Gasteiger partial charge in [0.05, 0.1) is 6.42 Å². The van der Waals surface area contributed by atoms with E-state index in [-0.39, 0.29) is 30.5 Å². The van der Waals surface area contributed by atoms with Crippen LogP contribution in [-0.4, -0.2) is 56.3 Å². The third-order valence-electron chi connectivity index (χ3n) is 3.62. The van der Waals surface area contributed by atoms with Crippen LogP contribution in [0.15, 0.2) is 4.99 Å². The Morgan fingerprint density at radius 2 is 1.83 bits per heavy atom. The number of nitrogens with zero attached hydrogens (tertiary/aromatic N) is 2. The first kappa shape index (κ1) is 22.8. The van der Waals surface area contributed by atoms with Gasteiger partial charge in [-0.1, -0.05) is 13.3 Å². The van der Waals surface area contributed by atoms with E-state index in [0.29, 0.717) is 25.0 Å². The van der Waals surface area contributed by atoms with Crippen molar-refractivity contribution >= 4 is 29.9 Å². The van der Waals surface area contributed by atoms with Crippen molar-refractivity contribution in [2.45, 2.75) is 45.7 Å². The summed E-state index contributed by atoms with van der Waals surface area (Å²) in [7, 11) is 0. The average molecular weight is 450 g/mol. The molecular weight excluding hydrogens is 420 g/mol. The molecule has 0 bridgehead atoms. The summed E-state index contributed by atoms with van der Waals surface area (Å²) in [6.45, 7) is 8.46. The maximum absolute atomic E-state index is 12.2. The summed E-state index contributed by atoms with van der Waals surface area (Å²) < 4.78 is 36.5. The molecule has 0 spiro atoms. The Labute approximate surface area is 154 Å². The van der Waals surface area contributed by atoms with Gasteiger partial charge in [-0.3, -0.25) is 4.99 Å². The molecular formula is C15H30F3IN4. The van der Waals surface area contributed by atoms with Crippen LogP contribution < -0.4 is 10.6 Å². The number of guanidine groups is 1. The lowest BCUT2D eigenvalue weighted by atomic mass is 10.1. The van der Waals surface area contributed by atoms with Gasteiger partial charge in [0.15, 0.2) is 5.96 Å². The first-order valence-corrected chi connectivity index (χ1v) is 8.22. The molecule has 0 aromatic heterocycles. The van der Waals surface area contributed by atoms with E-state index in [1.165, 1.54) is 19.3 Å². The van der Waals surface area contributed by atoms with Gasteiger partial charge in [-0.05, 0) is 38.8 Å². The highest BCUT2D eigenvalue weighted by Gasteiger charge is 2.26. The van der Waals surface area contributed by atoms with Crippen molar-refractivity contribution in [1.29, 1.82) is 0 Å². The van der Waals surface area contributed by atoms with Gasteiger partial charge in [0.1, 0.15) is 0 Å². The van der Waals surface area contributed by atoms with E-state index < -0.39 is 12.6 Å². The zero-order chi connectivity index (χ0) is 16.4. The van der Waals surface area contributed by atoms with Crippen molar-refractivity contribution in [3.05, 3.63) is 0 Å². The molecule has 0 aromatic rings. The monoisotopic (exact) mass is 450 g/mol. The molecule has 138 valence electrons. The molecule has 0 amide bonds. The minimum absolute atomic E-state index is 0. The third-order valence-corrected chi connectivity index (χ3v) is 3.62. The molecule has 0 aliphatic carbocycles. The summed E-state index contributed by atoms with van der Waals surface area (Å²) in [5.74, 6) is 0.869. The predicted molar refractivity (Wildman–Crippen MR) is 99.5 cm³/mol. The van der Waals surface area contributed by atoms with Gasteiger partial charge in [-0.15, -0.1) is 24.0 Å². The van der Waals surface area contributed by atoms with Crippen molar-refractivity contribution in [3.8, 4) is 0 Å².